The molecular weight excluding hydrogens is 319 g/mol. The summed E-state index contributed by atoms with van der Waals surface area (Å²) in [4.78, 5) is 17.4. The molecule has 1 aliphatic heterocycles. The van der Waals surface area contributed by atoms with Gasteiger partial charge in [0.1, 0.15) is 0 Å². The maximum absolute atomic E-state index is 11.8. The first-order valence-electron chi connectivity index (χ1n) is 8.56. The van der Waals surface area contributed by atoms with Crippen molar-refractivity contribution in [2.24, 2.45) is 5.41 Å². The fraction of sp³-hybridized carbons (Fsp3) is 0.667. The second-order valence-electron chi connectivity index (χ2n) is 8.89. The molecule has 0 atom stereocenters. The Morgan fingerprint density at radius 1 is 1.20 bits per heavy atom. The van der Waals surface area contributed by atoms with E-state index in [2.05, 4.69) is 4.98 Å². The smallest absolute Gasteiger partial charge is 0.465 e. The lowest BCUT2D eigenvalue weighted by Crippen LogP contribution is -2.41. The molecule has 2 heterocycles. The van der Waals surface area contributed by atoms with E-state index >= 15 is 0 Å². The topological polar surface area (TPSA) is 71.9 Å². The van der Waals surface area contributed by atoms with E-state index in [0.717, 1.165) is 11.0 Å². The minimum absolute atomic E-state index is 0.175. The van der Waals surface area contributed by atoms with Crippen LogP contribution in [0.2, 0.25) is 0 Å². The van der Waals surface area contributed by atoms with Gasteiger partial charge in [-0.05, 0) is 45.6 Å². The van der Waals surface area contributed by atoms with Crippen molar-refractivity contribution < 1.29 is 19.2 Å². The Morgan fingerprint density at radius 3 is 2.16 bits per heavy atom. The van der Waals surface area contributed by atoms with Crippen LogP contribution in [0.15, 0.2) is 12.4 Å². The Balaban J connectivity index is 2.42. The third kappa shape index (κ3) is 3.98. The van der Waals surface area contributed by atoms with Crippen molar-refractivity contribution in [2.45, 2.75) is 66.6 Å². The minimum atomic E-state index is -0.995. The lowest BCUT2D eigenvalue weighted by Gasteiger charge is -2.32. The van der Waals surface area contributed by atoms with Crippen molar-refractivity contribution >= 4 is 24.4 Å². The molecule has 6 nitrogen and oxygen atoms in total. The van der Waals surface area contributed by atoms with Crippen LogP contribution >= 0.6 is 0 Å². The first-order valence-corrected chi connectivity index (χ1v) is 8.56. The zero-order valence-corrected chi connectivity index (χ0v) is 16.5. The van der Waals surface area contributed by atoms with Crippen molar-refractivity contribution in [3.63, 3.8) is 0 Å². The molecule has 0 unspecified atom stereocenters. The third-order valence-electron chi connectivity index (χ3n) is 4.89. The zero-order chi connectivity index (χ0) is 19.2. The highest BCUT2D eigenvalue weighted by molar-refractivity contribution is 6.62. The molecule has 0 aliphatic carbocycles. The standard InChI is InChI=1S/C18H29BN2O4/c1-12-13(19-24-17(5,6)18(7,8)25-19)9-20-10-14(12)21(15(22)23)11-16(2,3)4/h9-10H,11H2,1-8H3,(H,22,23). The van der Waals surface area contributed by atoms with Crippen molar-refractivity contribution in [2.75, 3.05) is 11.4 Å². The molecule has 0 spiro atoms. The van der Waals surface area contributed by atoms with Crippen LogP contribution in [0.1, 0.15) is 54.0 Å². The van der Waals surface area contributed by atoms with E-state index in [0.29, 0.717) is 12.2 Å². The van der Waals surface area contributed by atoms with Crippen LogP contribution in [0.3, 0.4) is 0 Å². The predicted octanol–water partition coefficient (Wildman–Crippen LogP) is 3.22. The Labute approximate surface area is 150 Å². The predicted molar refractivity (Wildman–Crippen MR) is 99.5 cm³/mol. The summed E-state index contributed by atoms with van der Waals surface area (Å²) >= 11 is 0. The Bertz CT molecular complexity index is 652. The number of rotatable bonds is 3. The van der Waals surface area contributed by atoms with Gasteiger partial charge in [-0.1, -0.05) is 20.8 Å². The summed E-state index contributed by atoms with van der Waals surface area (Å²) in [6, 6.07) is 0. The van der Waals surface area contributed by atoms with Gasteiger partial charge in [0.05, 0.1) is 23.1 Å². The molecule has 0 bridgehead atoms. The van der Waals surface area contributed by atoms with E-state index in [-0.39, 0.29) is 5.41 Å². The van der Waals surface area contributed by atoms with E-state index in [9.17, 15) is 9.90 Å². The number of hydrogen-bond acceptors (Lipinski definition) is 4. The molecule has 138 valence electrons. The van der Waals surface area contributed by atoms with Gasteiger partial charge in [0.2, 0.25) is 0 Å². The van der Waals surface area contributed by atoms with Crippen LogP contribution in [0.25, 0.3) is 0 Å². The summed E-state index contributed by atoms with van der Waals surface area (Å²) in [7, 11) is -0.567. The van der Waals surface area contributed by atoms with E-state index in [1.54, 1.807) is 12.4 Å². The lowest BCUT2D eigenvalue weighted by atomic mass is 9.77. The van der Waals surface area contributed by atoms with Crippen molar-refractivity contribution in [3.8, 4) is 0 Å². The minimum Gasteiger partial charge on any atom is -0.465 e. The number of amides is 1. The molecule has 1 saturated heterocycles. The molecule has 25 heavy (non-hydrogen) atoms. The molecule has 7 heteroatoms. The van der Waals surface area contributed by atoms with Crippen LogP contribution in [-0.2, 0) is 9.31 Å². The van der Waals surface area contributed by atoms with Crippen molar-refractivity contribution in [1.29, 1.82) is 0 Å². The number of anilines is 1. The van der Waals surface area contributed by atoms with Gasteiger partial charge in [-0.3, -0.25) is 9.88 Å². The van der Waals surface area contributed by atoms with Gasteiger partial charge < -0.3 is 14.4 Å². The number of aromatic nitrogens is 1. The van der Waals surface area contributed by atoms with E-state index in [1.165, 1.54) is 4.90 Å². The van der Waals surface area contributed by atoms with Crippen LogP contribution in [0.4, 0.5) is 10.5 Å². The van der Waals surface area contributed by atoms with Gasteiger partial charge in [0.25, 0.3) is 0 Å². The highest BCUT2D eigenvalue weighted by atomic mass is 16.7. The number of pyridine rings is 1. The Morgan fingerprint density at radius 2 is 1.72 bits per heavy atom. The third-order valence-corrected chi connectivity index (χ3v) is 4.89. The molecule has 1 aromatic rings. The molecule has 0 aromatic carbocycles. The average Bonchev–Trinajstić information content (AvgIpc) is 2.64. The zero-order valence-electron chi connectivity index (χ0n) is 16.5. The van der Waals surface area contributed by atoms with Crippen LogP contribution in [0, 0.1) is 12.3 Å². The SMILES string of the molecule is Cc1c(B2OC(C)(C)C(C)(C)O2)cncc1N(CC(C)(C)C)C(=O)O. The molecule has 0 saturated carbocycles. The number of carboxylic acid groups (broad SMARTS) is 1. The van der Waals surface area contributed by atoms with Crippen LogP contribution < -0.4 is 10.4 Å². The number of carbonyl (C=O) groups is 1. The van der Waals surface area contributed by atoms with Crippen molar-refractivity contribution in [1.82, 2.24) is 4.98 Å². The molecule has 1 fully saturated rings. The van der Waals surface area contributed by atoms with E-state index < -0.39 is 24.4 Å². The van der Waals surface area contributed by atoms with E-state index in [4.69, 9.17) is 9.31 Å². The van der Waals surface area contributed by atoms with Crippen LogP contribution in [-0.4, -0.2) is 41.0 Å². The average molecular weight is 348 g/mol. The number of hydrogen-bond donors (Lipinski definition) is 1. The van der Waals surface area contributed by atoms with Gasteiger partial charge in [0.15, 0.2) is 0 Å². The quantitative estimate of drug-likeness (QED) is 0.849. The maximum atomic E-state index is 11.8. The molecule has 1 amide bonds. The van der Waals surface area contributed by atoms with Gasteiger partial charge in [-0.2, -0.15) is 0 Å². The molecule has 1 aromatic heterocycles. The lowest BCUT2D eigenvalue weighted by molar-refractivity contribution is 0.00578. The Kier molecular flexibility index (Phi) is 4.96. The summed E-state index contributed by atoms with van der Waals surface area (Å²) in [6.45, 7) is 16.2. The molecule has 0 radical (unpaired) electrons. The Hall–Kier alpha value is -1.60. The first-order chi connectivity index (χ1) is 11.3. The largest absolute Gasteiger partial charge is 0.496 e. The summed E-state index contributed by atoms with van der Waals surface area (Å²) in [5, 5.41) is 9.67. The van der Waals surface area contributed by atoms with Gasteiger partial charge in [-0.25, -0.2) is 4.79 Å². The second kappa shape index (κ2) is 6.29. The monoisotopic (exact) mass is 348 g/mol. The molecule has 1 N–H and O–H groups in total. The first kappa shape index (κ1) is 19.7. The fourth-order valence-electron chi connectivity index (χ4n) is 2.74. The van der Waals surface area contributed by atoms with Crippen LogP contribution in [0.5, 0.6) is 0 Å². The highest BCUT2D eigenvalue weighted by Gasteiger charge is 2.52. The number of nitrogens with zero attached hydrogens (tertiary/aromatic N) is 2. The summed E-state index contributed by atoms with van der Waals surface area (Å²) in [5.74, 6) is 0. The normalized spacial score (nSPS) is 19.1. The summed E-state index contributed by atoms with van der Waals surface area (Å²) < 4.78 is 12.2. The van der Waals surface area contributed by atoms with E-state index in [1.807, 2.05) is 55.4 Å². The molecular formula is C18H29BN2O4. The summed E-state index contributed by atoms with van der Waals surface area (Å²) in [6.07, 6.45) is 2.29. The van der Waals surface area contributed by atoms with Gasteiger partial charge >= 0.3 is 13.2 Å². The van der Waals surface area contributed by atoms with Gasteiger partial charge in [-0.15, -0.1) is 0 Å². The van der Waals surface area contributed by atoms with Crippen molar-refractivity contribution in [3.05, 3.63) is 18.0 Å². The highest BCUT2D eigenvalue weighted by Crippen LogP contribution is 2.37. The maximum Gasteiger partial charge on any atom is 0.496 e. The molecule has 1 aliphatic rings. The summed E-state index contributed by atoms with van der Waals surface area (Å²) in [5.41, 5.74) is 1.03. The van der Waals surface area contributed by atoms with Gasteiger partial charge in [0, 0.05) is 18.2 Å². The second-order valence-corrected chi connectivity index (χ2v) is 8.89. The fourth-order valence-corrected chi connectivity index (χ4v) is 2.74. The molecule has 2 rings (SSSR count).